The zero-order valence-electron chi connectivity index (χ0n) is 27.5. The number of pyridine rings is 1. The third kappa shape index (κ3) is 4.10. The Morgan fingerprint density at radius 1 is 0.412 bits per heavy atom. The van der Waals surface area contributed by atoms with Gasteiger partial charge in [0.2, 0.25) is 0 Å². The Labute approximate surface area is 300 Å². The predicted molar refractivity (Wildman–Crippen MR) is 209 cm³/mol. The van der Waals surface area contributed by atoms with Crippen molar-refractivity contribution in [1.29, 1.82) is 0 Å². The van der Waals surface area contributed by atoms with Gasteiger partial charge in [0.1, 0.15) is 11.2 Å². The van der Waals surface area contributed by atoms with E-state index >= 15 is 0 Å². The van der Waals surface area contributed by atoms with Crippen LogP contribution in [0.5, 0.6) is 0 Å². The zero-order valence-corrected chi connectivity index (χ0v) is 28.3. The summed E-state index contributed by atoms with van der Waals surface area (Å²) in [6.45, 7) is 0. The second-order valence-corrected chi connectivity index (χ2v) is 14.5. The fourth-order valence-electron chi connectivity index (χ4n) is 8.61. The van der Waals surface area contributed by atoms with Crippen LogP contribution in [0.4, 0.5) is 0 Å². The minimum Gasteiger partial charge on any atom is -0.456 e. The van der Waals surface area contributed by atoms with Crippen molar-refractivity contribution in [3.05, 3.63) is 198 Å². The van der Waals surface area contributed by atoms with Crippen molar-refractivity contribution in [2.75, 3.05) is 0 Å². The third-order valence-electron chi connectivity index (χ3n) is 10.7. The quantitative estimate of drug-likeness (QED) is 0.188. The lowest BCUT2D eigenvalue weighted by molar-refractivity contribution is 0.664. The molecule has 0 saturated carbocycles. The molecule has 11 rings (SSSR count). The van der Waals surface area contributed by atoms with Crippen molar-refractivity contribution < 1.29 is 4.42 Å². The van der Waals surface area contributed by atoms with Gasteiger partial charge < -0.3 is 4.42 Å². The van der Waals surface area contributed by atoms with E-state index in [0.29, 0.717) is 0 Å². The molecular formula is C48H29NOS. The largest absolute Gasteiger partial charge is 0.456 e. The van der Waals surface area contributed by atoms with Gasteiger partial charge in [-0.2, -0.15) is 0 Å². The van der Waals surface area contributed by atoms with Crippen LogP contribution < -0.4 is 0 Å². The van der Waals surface area contributed by atoms with Crippen molar-refractivity contribution in [3.63, 3.8) is 0 Å². The molecule has 0 atom stereocenters. The summed E-state index contributed by atoms with van der Waals surface area (Å²) in [5, 5.41) is 2.19. The summed E-state index contributed by atoms with van der Waals surface area (Å²) in [6, 6.07) is 63.5. The molecule has 1 aliphatic heterocycles. The molecule has 0 bridgehead atoms. The van der Waals surface area contributed by atoms with Crippen LogP contribution in [0.2, 0.25) is 0 Å². The lowest BCUT2D eigenvalue weighted by Gasteiger charge is -2.39. The summed E-state index contributed by atoms with van der Waals surface area (Å²) < 4.78 is 6.75. The average molecular weight is 668 g/mol. The Morgan fingerprint density at radius 2 is 1.02 bits per heavy atom. The lowest BCUT2D eigenvalue weighted by Crippen LogP contribution is -2.31. The first-order valence-electron chi connectivity index (χ1n) is 17.4. The van der Waals surface area contributed by atoms with Gasteiger partial charge in [-0.25, -0.2) is 4.98 Å². The Balaban J connectivity index is 1.22. The van der Waals surface area contributed by atoms with Gasteiger partial charge >= 0.3 is 0 Å². The molecular weight excluding hydrogens is 639 g/mol. The van der Waals surface area contributed by atoms with Gasteiger partial charge in [0.25, 0.3) is 0 Å². The van der Waals surface area contributed by atoms with Crippen molar-refractivity contribution >= 4 is 33.7 Å². The molecule has 9 aromatic rings. The summed E-state index contributed by atoms with van der Waals surface area (Å²) in [5.74, 6) is 0. The van der Waals surface area contributed by atoms with E-state index in [0.717, 1.165) is 55.6 Å². The van der Waals surface area contributed by atoms with Gasteiger partial charge in [0, 0.05) is 31.7 Å². The normalized spacial score (nSPS) is 13.6. The monoisotopic (exact) mass is 667 g/mol. The highest BCUT2D eigenvalue weighted by Gasteiger charge is 2.50. The fraction of sp³-hybridized carbons (Fsp3) is 0.0208. The molecule has 1 spiro atoms. The standard InChI is InChI=1S/C48H29NOS/c1-3-14-30(15-4-1)32-26-41(31-16-5-2-6-17-31)49-42(27-32)35-20-13-24-43-47(35)36-28-40-46(29-44(36)50-43)51-45-25-12-11-23-39(45)48(40)37-21-9-7-18-33(37)34-19-8-10-22-38(34)48/h1-29H. The minimum absolute atomic E-state index is 0.455. The molecule has 2 aromatic heterocycles. The summed E-state index contributed by atoms with van der Waals surface area (Å²) in [5.41, 5.74) is 15.5. The van der Waals surface area contributed by atoms with Crippen LogP contribution in [0.25, 0.3) is 66.7 Å². The highest BCUT2D eigenvalue weighted by atomic mass is 32.2. The fourth-order valence-corrected chi connectivity index (χ4v) is 9.81. The molecule has 2 aliphatic rings. The highest BCUT2D eigenvalue weighted by Crippen LogP contribution is 2.62. The van der Waals surface area contributed by atoms with Crippen LogP contribution in [0.1, 0.15) is 22.3 Å². The molecule has 3 heterocycles. The summed E-state index contributed by atoms with van der Waals surface area (Å²) in [6.07, 6.45) is 0. The van der Waals surface area contributed by atoms with E-state index in [1.54, 1.807) is 0 Å². The van der Waals surface area contributed by atoms with E-state index < -0.39 is 5.41 Å². The SMILES string of the molecule is c1ccc(-c2cc(-c3ccccc3)nc(-c3cccc4oc5cc6c(cc5c34)C3(c4ccccc4S6)c4ccccc4-c4ccccc43)c2)cc1. The van der Waals surface area contributed by atoms with E-state index in [-0.39, 0.29) is 0 Å². The maximum Gasteiger partial charge on any atom is 0.136 e. The average Bonchev–Trinajstić information content (AvgIpc) is 3.71. The second-order valence-electron chi connectivity index (χ2n) is 13.4. The number of hydrogen-bond acceptors (Lipinski definition) is 3. The molecule has 0 unspecified atom stereocenters. The molecule has 0 fully saturated rings. The summed E-state index contributed by atoms with van der Waals surface area (Å²) in [7, 11) is 0. The Morgan fingerprint density at radius 3 is 1.76 bits per heavy atom. The van der Waals surface area contributed by atoms with Gasteiger partial charge in [0.15, 0.2) is 0 Å². The molecule has 51 heavy (non-hydrogen) atoms. The van der Waals surface area contributed by atoms with E-state index in [2.05, 4.69) is 176 Å². The first-order chi connectivity index (χ1) is 25.3. The number of hydrogen-bond donors (Lipinski definition) is 0. The van der Waals surface area contributed by atoms with Crippen LogP contribution >= 0.6 is 11.8 Å². The van der Waals surface area contributed by atoms with E-state index in [4.69, 9.17) is 9.40 Å². The molecule has 0 N–H and O–H groups in total. The van der Waals surface area contributed by atoms with Crippen LogP contribution in [-0.2, 0) is 5.41 Å². The Kier molecular flexibility index (Phi) is 6.14. The Bertz CT molecular complexity index is 2730. The maximum atomic E-state index is 6.75. The topological polar surface area (TPSA) is 26.0 Å². The van der Waals surface area contributed by atoms with E-state index in [1.807, 2.05) is 11.8 Å². The maximum absolute atomic E-state index is 6.75. The molecule has 1 aliphatic carbocycles. The number of rotatable bonds is 3. The van der Waals surface area contributed by atoms with Crippen LogP contribution in [0.15, 0.2) is 190 Å². The second kappa shape index (κ2) is 10.9. The molecule has 7 aromatic carbocycles. The van der Waals surface area contributed by atoms with Crippen LogP contribution in [0.3, 0.4) is 0 Å². The third-order valence-corrected chi connectivity index (χ3v) is 11.9. The van der Waals surface area contributed by atoms with Gasteiger partial charge in [0.05, 0.1) is 16.8 Å². The van der Waals surface area contributed by atoms with Crippen LogP contribution in [0, 0.1) is 0 Å². The van der Waals surface area contributed by atoms with Crippen molar-refractivity contribution in [2.45, 2.75) is 15.2 Å². The first kappa shape index (κ1) is 28.7. The Hall–Kier alpha value is -6.16. The molecule has 2 nitrogen and oxygen atoms in total. The van der Waals surface area contributed by atoms with Gasteiger partial charge in [-0.1, -0.05) is 151 Å². The van der Waals surface area contributed by atoms with Crippen molar-refractivity contribution in [1.82, 2.24) is 4.98 Å². The molecule has 3 heteroatoms. The zero-order chi connectivity index (χ0) is 33.5. The number of benzene rings is 7. The predicted octanol–water partition coefficient (Wildman–Crippen LogP) is 12.8. The van der Waals surface area contributed by atoms with Crippen molar-refractivity contribution in [2.24, 2.45) is 0 Å². The lowest BCUT2D eigenvalue weighted by atomic mass is 9.67. The van der Waals surface area contributed by atoms with E-state index in [1.165, 1.54) is 43.2 Å². The smallest absolute Gasteiger partial charge is 0.136 e. The molecule has 0 saturated heterocycles. The number of aromatic nitrogens is 1. The number of fused-ring (bicyclic) bond motifs is 12. The minimum atomic E-state index is -0.455. The molecule has 0 radical (unpaired) electrons. The van der Waals surface area contributed by atoms with Gasteiger partial charge in [-0.3, -0.25) is 0 Å². The summed E-state index contributed by atoms with van der Waals surface area (Å²) in [4.78, 5) is 7.84. The summed E-state index contributed by atoms with van der Waals surface area (Å²) >= 11 is 1.84. The molecule has 0 amide bonds. The van der Waals surface area contributed by atoms with Crippen LogP contribution in [-0.4, -0.2) is 4.98 Å². The van der Waals surface area contributed by atoms with Gasteiger partial charge in [-0.15, -0.1) is 0 Å². The van der Waals surface area contributed by atoms with Gasteiger partial charge in [-0.05, 0) is 80.9 Å². The van der Waals surface area contributed by atoms with E-state index in [9.17, 15) is 0 Å². The number of nitrogens with zero attached hydrogens (tertiary/aromatic N) is 1. The molecule has 238 valence electrons. The number of furan rings is 1. The first-order valence-corrected chi connectivity index (χ1v) is 18.2. The highest BCUT2D eigenvalue weighted by molar-refractivity contribution is 7.99. The van der Waals surface area contributed by atoms with Crippen molar-refractivity contribution in [3.8, 4) is 44.8 Å².